The molecule has 0 saturated heterocycles. The van der Waals surface area contributed by atoms with E-state index in [1.807, 2.05) is 11.4 Å². The van der Waals surface area contributed by atoms with E-state index in [4.69, 9.17) is 11.6 Å². The normalized spacial score (nSPS) is 18.6. The van der Waals surface area contributed by atoms with E-state index in [1.54, 1.807) is 12.1 Å². The van der Waals surface area contributed by atoms with Crippen molar-refractivity contribution >= 4 is 46.3 Å². The van der Waals surface area contributed by atoms with Gasteiger partial charge in [0.05, 0.1) is 16.7 Å². The fourth-order valence-electron chi connectivity index (χ4n) is 2.02. The topological polar surface area (TPSA) is 29.1 Å². The molecule has 1 aliphatic rings. The van der Waals surface area contributed by atoms with Crippen LogP contribution in [0.2, 0.25) is 5.02 Å². The molecule has 98 valence electrons. The summed E-state index contributed by atoms with van der Waals surface area (Å²) < 4.78 is 14.1. The molecule has 1 aliphatic heterocycles. The Bertz CT molecular complexity index is 623. The Kier molecular flexibility index (Phi) is 3.52. The van der Waals surface area contributed by atoms with E-state index in [9.17, 15) is 9.18 Å². The molecule has 0 fully saturated rings. The largest absolute Gasteiger partial charge is 0.324 e. The summed E-state index contributed by atoms with van der Waals surface area (Å²) in [6.45, 7) is 0. The average molecular weight is 314 g/mol. The maximum Gasteiger partial charge on any atom is 0.234 e. The number of thiophene rings is 1. The standard InChI is InChI=1S/C13H9ClFNOS2/c14-7-2-1-3-8(15)11(7)13-12-9(4-5-18-12)16-10(17)6-19-13/h1-5,13H,6H2,(H,16,17). The first-order chi connectivity index (χ1) is 9.16. The van der Waals surface area contributed by atoms with Gasteiger partial charge in [0.2, 0.25) is 5.91 Å². The number of halogens is 2. The molecule has 1 aromatic carbocycles. The fourth-order valence-corrected chi connectivity index (χ4v) is 4.64. The summed E-state index contributed by atoms with van der Waals surface area (Å²) in [5.74, 6) is -0.116. The van der Waals surface area contributed by atoms with Gasteiger partial charge < -0.3 is 5.32 Å². The van der Waals surface area contributed by atoms with Gasteiger partial charge >= 0.3 is 0 Å². The Morgan fingerprint density at radius 3 is 3.00 bits per heavy atom. The summed E-state index contributed by atoms with van der Waals surface area (Å²) in [6, 6.07) is 6.50. The highest BCUT2D eigenvalue weighted by Gasteiger charge is 2.28. The van der Waals surface area contributed by atoms with Crippen LogP contribution in [0.3, 0.4) is 0 Å². The highest BCUT2D eigenvalue weighted by Crippen LogP contribution is 2.46. The molecule has 0 radical (unpaired) electrons. The molecule has 1 unspecified atom stereocenters. The molecule has 0 saturated carbocycles. The molecule has 19 heavy (non-hydrogen) atoms. The third-order valence-corrected chi connectivity index (χ3v) is 5.54. The van der Waals surface area contributed by atoms with Gasteiger partial charge in [0.15, 0.2) is 0 Å². The lowest BCUT2D eigenvalue weighted by atomic mass is 10.1. The molecule has 2 nitrogen and oxygen atoms in total. The third-order valence-electron chi connectivity index (χ3n) is 2.85. The molecular formula is C13H9ClFNOS2. The van der Waals surface area contributed by atoms with Crippen molar-refractivity contribution in [2.75, 3.05) is 11.1 Å². The number of rotatable bonds is 1. The quantitative estimate of drug-likeness (QED) is 0.849. The minimum atomic E-state index is -0.335. The lowest BCUT2D eigenvalue weighted by Gasteiger charge is -2.16. The van der Waals surface area contributed by atoms with Crippen molar-refractivity contribution in [3.63, 3.8) is 0 Å². The molecular weight excluding hydrogens is 305 g/mol. The number of nitrogens with one attached hydrogen (secondary N) is 1. The number of carbonyl (C=O) groups excluding carboxylic acids is 1. The van der Waals surface area contributed by atoms with Crippen LogP contribution in [-0.2, 0) is 4.79 Å². The number of hydrogen-bond acceptors (Lipinski definition) is 3. The van der Waals surface area contributed by atoms with Gasteiger partial charge in [-0.25, -0.2) is 4.39 Å². The first kappa shape index (κ1) is 13.0. The summed E-state index contributed by atoms with van der Waals surface area (Å²) in [5.41, 5.74) is 1.21. The first-order valence-electron chi connectivity index (χ1n) is 5.59. The molecule has 2 heterocycles. The van der Waals surface area contributed by atoms with Gasteiger partial charge in [-0.3, -0.25) is 4.79 Å². The maximum atomic E-state index is 14.1. The Labute approximate surface area is 123 Å². The molecule has 1 amide bonds. The highest BCUT2D eigenvalue weighted by atomic mass is 35.5. The SMILES string of the molecule is O=C1CSC(c2c(F)cccc2Cl)c2sccc2N1. The van der Waals surface area contributed by atoms with Crippen molar-refractivity contribution in [2.45, 2.75) is 5.25 Å². The van der Waals surface area contributed by atoms with Crippen LogP contribution < -0.4 is 5.32 Å². The van der Waals surface area contributed by atoms with E-state index in [1.165, 1.54) is 29.2 Å². The number of carbonyl (C=O) groups is 1. The minimum Gasteiger partial charge on any atom is -0.324 e. The monoisotopic (exact) mass is 313 g/mol. The zero-order valence-electron chi connectivity index (χ0n) is 9.65. The van der Waals surface area contributed by atoms with E-state index >= 15 is 0 Å². The van der Waals surface area contributed by atoms with Crippen molar-refractivity contribution in [2.24, 2.45) is 0 Å². The van der Waals surface area contributed by atoms with Crippen molar-refractivity contribution in [1.82, 2.24) is 0 Å². The van der Waals surface area contributed by atoms with E-state index < -0.39 is 0 Å². The summed E-state index contributed by atoms with van der Waals surface area (Å²) >= 11 is 9.03. The molecule has 1 aromatic heterocycles. The summed E-state index contributed by atoms with van der Waals surface area (Å²) in [4.78, 5) is 12.6. The van der Waals surface area contributed by atoms with Gasteiger partial charge in [-0.05, 0) is 23.6 Å². The summed E-state index contributed by atoms with van der Waals surface area (Å²) in [7, 11) is 0. The molecule has 1 atom stereocenters. The predicted molar refractivity (Wildman–Crippen MR) is 78.7 cm³/mol. The van der Waals surface area contributed by atoms with E-state index in [2.05, 4.69) is 5.32 Å². The zero-order valence-corrected chi connectivity index (χ0v) is 12.0. The number of anilines is 1. The van der Waals surface area contributed by atoms with E-state index in [0.717, 1.165) is 10.6 Å². The van der Waals surface area contributed by atoms with Gasteiger partial charge in [-0.15, -0.1) is 23.1 Å². The molecule has 6 heteroatoms. The fraction of sp³-hybridized carbons (Fsp3) is 0.154. The number of benzene rings is 1. The molecule has 2 aromatic rings. The van der Waals surface area contributed by atoms with Crippen molar-refractivity contribution in [3.05, 3.63) is 50.9 Å². The number of amides is 1. The Hall–Kier alpha value is -1.04. The Balaban J connectivity index is 2.13. The second-order valence-electron chi connectivity index (χ2n) is 4.07. The Morgan fingerprint density at radius 2 is 2.21 bits per heavy atom. The van der Waals surface area contributed by atoms with Gasteiger partial charge in [0.1, 0.15) is 5.82 Å². The lowest BCUT2D eigenvalue weighted by Crippen LogP contribution is -2.11. The Morgan fingerprint density at radius 1 is 1.37 bits per heavy atom. The van der Waals surface area contributed by atoms with Crippen molar-refractivity contribution in [1.29, 1.82) is 0 Å². The van der Waals surface area contributed by atoms with E-state index in [0.29, 0.717) is 10.6 Å². The maximum absolute atomic E-state index is 14.1. The van der Waals surface area contributed by atoms with Crippen LogP contribution >= 0.6 is 34.7 Å². The van der Waals surface area contributed by atoms with E-state index in [-0.39, 0.29) is 22.7 Å². The molecule has 0 aliphatic carbocycles. The van der Waals surface area contributed by atoms with Gasteiger partial charge in [-0.1, -0.05) is 17.7 Å². The second-order valence-corrected chi connectivity index (χ2v) is 6.52. The molecule has 3 rings (SSSR count). The van der Waals surface area contributed by atoms with Crippen molar-refractivity contribution < 1.29 is 9.18 Å². The summed E-state index contributed by atoms with van der Waals surface area (Å²) in [6.07, 6.45) is 0. The first-order valence-corrected chi connectivity index (χ1v) is 7.90. The molecule has 0 bridgehead atoms. The van der Waals surface area contributed by atoms with Crippen LogP contribution in [0, 0.1) is 5.82 Å². The second kappa shape index (κ2) is 5.15. The molecule has 0 spiro atoms. The number of hydrogen-bond donors (Lipinski definition) is 1. The highest BCUT2D eigenvalue weighted by molar-refractivity contribution is 8.00. The smallest absolute Gasteiger partial charge is 0.234 e. The number of thioether (sulfide) groups is 1. The van der Waals surface area contributed by atoms with Crippen molar-refractivity contribution in [3.8, 4) is 0 Å². The van der Waals surface area contributed by atoms with Gasteiger partial charge in [-0.2, -0.15) is 0 Å². The minimum absolute atomic E-state index is 0.0698. The van der Waals surface area contributed by atoms with Crippen LogP contribution in [0.4, 0.5) is 10.1 Å². The van der Waals surface area contributed by atoms with Crippen LogP contribution in [-0.4, -0.2) is 11.7 Å². The van der Waals surface area contributed by atoms with Gasteiger partial charge in [0, 0.05) is 15.5 Å². The van der Waals surface area contributed by atoms with Gasteiger partial charge in [0.25, 0.3) is 0 Å². The zero-order chi connectivity index (χ0) is 13.4. The third kappa shape index (κ3) is 2.38. The van der Waals surface area contributed by atoms with Crippen LogP contribution in [0.15, 0.2) is 29.6 Å². The predicted octanol–water partition coefficient (Wildman–Crippen LogP) is 4.32. The average Bonchev–Trinajstić information content (AvgIpc) is 2.75. The summed E-state index contributed by atoms with van der Waals surface area (Å²) in [5, 5.41) is 4.86. The molecule has 1 N–H and O–H groups in total. The van der Waals surface area contributed by atoms with Crippen LogP contribution in [0.25, 0.3) is 0 Å². The number of fused-ring (bicyclic) bond motifs is 1. The van der Waals surface area contributed by atoms with Crippen LogP contribution in [0.1, 0.15) is 15.7 Å². The van der Waals surface area contributed by atoms with Crippen LogP contribution in [0.5, 0.6) is 0 Å². The lowest BCUT2D eigenvalue weighted by molar-refractivity contribution is -0.113.